The molecule has 6 heteroatoms. The number of benzene rings is 4. The minimum atomic E-state index is -0.447. The van der Waals surface area contributed by atoms with Gasteiger partial charge in [-0.15, -0.1) is 0 Å². The minimum absolute atomic E-state index is 0.133. The van der Waals surface area contributed by atoms with E-state index in [0.29, 0.717) is 0 Å². The fourth-order valence-corrected chi connectivity index (χ4v) is 10.8. The van der Waals surface area contributed by atoms with Crippen molar-refractivity contribution in [3.8, 4) is 44.5 Å². The van der Waals surface area contributed by atoms with Crippen LogP contribution in [0.1, 0.15) is 93.6 Å². The molecule has 0 atom stereocenters. The van der Waals surface area contributed by atoms with Crippen LogP contribution in [-0.2, 0) is 4.79 Å². The number of hydrogen-bond donors (Lipinski definition) is 2. The van der Waals surface area contributed by atoms with Crippen molar-refractivity contribution in [2.24, 2.45) is 5.41 Å². The van der Waals surface area contributed by atoms with Gasteiger partial charge in [-0.25, -0.2) is 9.97 Å². The van der Waals surface area contributed by atoms with Crippen molar-refractivity contribution in [1.29, 1.82) is 0 Å². The van der Waals surface area contributed by atoms with Gasteiger partial charge >= 0.3 is 0 Å². The maximum atomic E-state index is 13.1. The molecule has 0 unspecified atom stereocenters. The Morgan fingerprint density at radius 2 is 0.719 bits per heavy atom. The first-order chi connectivity index (χ1) is 30.4. The average Bonchev–Trinajstić information content (AvgIpc) is 4.05. The molecule has 8 bridgehead atoms. The predicted octanol–water partition coefficient (Wildman–Crippen LogP) is 15.8. The Balaban J connectivity index is 1.46. The van der Waals surface area contributed by atoms with Gasteiger partial charge in [0.15, 0.2) is 5.12 Å². The smallest absolute Gasteiger partial charge is 0.198 e. The van der Waals surface area contributed by atoms with E-state index in [2.05, 4.69) is 182 Å². The fourth-order valence-electron chi connectivity index (χ4n) is 9.97. The number of fused-ring (bicyclic) bond motifs is 8. The van der Waals surface area contributed by atoms with Crippen LogP contribution in [0.15, 0.2) is 89.8 Å². The van der Waals surface area contributed by atoms with Crippen LogP contribution in [0.4, 0.5) is 0 Å². The average molecular weight is 857 g/mol. The first-order valence-corrected chi connectivity index (χ1v) is 23.0. The fraction of sp³-hybridized carbons (Fsp3) is 0.224. The van der Waals surface area contributed by atoms with Crippen LogP contribution < -0.4 is 0 Å². The maximum Gasteiger partial charge on any atom is 0.198 e. The summed E-state index contributed by atoms with van der Waals surface area (Å²) in [6, 6.07) is 30.8. The van der Waals surface area contributed by atoms with Gasteiger partial charge in [0, 0.05) is 54.6 Å². The Hall–Kier alpha value is -6.50. The summed E-state index contributed by atoms with van der Waals surface area (Å²) in [5, 5.41) is 0.133. The van der Waals surface area contributed by atoms with E-state index in [1.54, 1.807) is 0 Å². The number of rotatable bonds is 5. The number of nitrogens with one attached hydrogen (secondary N) is 2. The van der Waals surface area contributed by atoms with Crippen molar-refractivity contribution in [2.75, 3.05) is 0 Å². The van der Waals surface area contributed by atoms with Crippen LogP contribution in [-0.4, -0.2) is 25.1 Å². The van der Waals surface area contributed by atoms with Crippen molar-refractivity contribution in [1.82, 2.24) is 19.9 Å². The highest BCUT2D eigenvalue weighted by Gasteiger charge is 2.24. The molecule has 64 heavy (non-hydrogen) atoms. The topological polar surface area (TPSA) is 74.4 Å². The van der Waals surface area contributed by atoms with Crippen LogP contribution in [0.25, 0.3) is 90.9 Å². The number of aromatic amines is 2. The second kappa shape index (κ2) is 16.2. The van der Waals surface area contributed by atoms with Crippen molar-refractivity contribution in [2.45, 2.75) is 88.0 Å². The summed E-state index contributed by atoms with van der Waals surface area (Å²) in [7, 11) is 0. The quantitative estimate of drug-likeness (QED) is 0.169. The van der Waals surface area contributed by atoms with E-state index < -0.39 is 5.41 Å². The van der Waals surface area contributed by atoms with E-state index in [1.165, 1.54) is 78.5 Å². The van der Waals surface area contributed by atoms with E-state index in [1.807, 2.05) is 20.8 Å². The van der Waals surface area contributed by atoms with E-state index in [-0.39, 0.29) is 5.12 Å². The molecule has 0 amide bonds. The molecule has 0 saturated heterocycles. The molecular formula is C58H56N4OS. The molecule has 0 saturated carbocycles. The standard InChI is InChI=1S/C58H56N4OS/c1-31-25-34(4)50(35(5)26-31)54-44-19-17-42(59-44)53(40-13-15-41(16-14-40)64-57(63)58(10,11)12)43-18-20-45(60-43)55(51-36(6)27-32(2)28-37(51)7)47-22-24-49(62-47)56(48-23-21-46(54)61-48)52-38(8)29-33(3)30-39(52)9/h13-30,59,62H,1-12H3. The SMILES string of the molecule is Cc1cc(C)c(-c2c3nc(c(-c4c(C)cc(C)cc4C)c4ccc([nH]4)c(-c4c(C)cc(C)cc4C)c4nc(c(-c5ccc(SC(=O)C(C)(C)C)cc5)c5ccc2[nH]5)C=C4)C=C3)c(C)c1. The molecule has 2 N–H and O–H groups in total. The Morgan fingerprint density at radius 1 is 0.422 bits per heavy atom. The minimum Gasteiger partial charge on any atom is -0.354 e. The maximum absolute atomic E-state index is 13.1. The number of carbonyl (C=O) groups excluding carboxylic acids is 1. The lowest BCUT2D eigenvalue weighted by atomic mass is 9.92. The summed E-state index contributed by atoms with van der Waals surface area (Å²) in [4.78, 5) is 33.1. The normalized spacial score (nSPS) is 12.4. The van der Waals surface area contributed by atoms with Gasteiger partial charge < -0.3 is 9.97 Å². The second-order valence-corrected chi connectivity index (χ2v) is 20.0. The number of thioether (sulfide) groups is 1. The summed E-state index contributed by atoms with van der Waals surface area (Å²) in [5.41, 5.74) is 26.5. The molecule has 2 aliphatic rings. The predicted molar refractivity (Wildman–Crippen MR) is 274 cm³/mol. The van der Waals surface area contributed by atoms with E-state index in [4.69, 9.17) is 9.97 Å². The first-order valence-electron chi connectivity index (χ1n) is 22.2. The highest BCUT2D eigenvalue weighted by molar-refractivity contribution is 8.13. The molecule has 320 valence electrons. The van der Waals surface area contributed by atoms with Crippen LogP contribution in [0.5, 0.6) is 0 Å². The number of hydrogen-bond acceptors (Lipinski definition) is 4. The third kappa shape index (κ3) is 7.79. The van der Waals surface area contributed by atoms with Crippen LogP contribution in [0.3, 0.4) is 0 Å². The molecule has 5 nitrogen and oxygen atoms in total. The van der Waals surface area contributed by atoms with Gasteiger partial charge in [-0.05, 0) is 179 Å². The number of carbonyl (C=O) groups is 1. The summed E-state index contributed by atoms with van der Waals surface area (Å²) in [5.74, 6) is 0. The number of aryl methyl sites for hydroxylation is 9. The van der Waals surface area contributed by atoms with Gasteiger partial charge in [-0.3, -0.25) is 4.79 Å². The molecule has 0 radical (unpaired) electrons. The second-order valence-electron chi connectivity index (χ2n) is 19.0. The monoisotopic (exact) mass is 856 g/mol. The van der Waals surface area contributed by atoms with Crippen molar-refractivity contribution < 1.29 is 4.79 Å². The van der Waals surface area contributed by atoms with E-state index in [0.717, 1.165) is 77.6 Å². The molecule has 5 heterocycles. The number of aromatic nitrogens is 4. The molecule has 7 aromatic rings. The molecule has 0 aliphatic carbocycles. The summed E-state index contributed by atoms with van der Waals surface area (Å²) in [6.07, 6.45) is 8.69. The van der Waals surface area contributed by atoms with E-state index in [9.17, 15) is 4.79 Å². The largest absolute Gasteiger partial charge is 0.354 e. The highest BCUT2D eigenvalue weighted by atomic mass is 32.2. The zero-order valence-corrected chi connectivity index (χ0v) is 39.9. The first kappa shape index (κ1) is 42.8. The third-order valence-corrected chi connectivity index (χ3v) is 13.8. The van der Waals surface area contributed by atoms with Gasteiger partial charge in [-0.1, -0.05) is 97.8 Å². The van der Waals surface area contributed by atoms with Gasteiger partial charge in [0.05, 0.1) is 22.8 Å². The molecule has 0 fully saturated rings. The zero-order chi connectivity index (χ0) is 45.4. The van der Waals surface area contributed by atoms with Crippen LogP contribution in [0.2, 0.25) is 0 Å². The summed E-state index contributed by atoms with van der Waals surface area (Å²) < 4.78 is 0. The zero-order valence-electron chi connectivity index (χ0n) is 39.1. The van der Waals surface area contributed by atoms with E-state index >= 15 is 0 Å². The highest BCUT2D eigenvalue weighted by Crippen LogP contribution is 2.42. The third-order valence-electron chi connectivity index (χ3n) is 12.5. The van der Waals surface area contributed by atoms with Crippen molar-refractivity contribution in [3.63, 3.8) is 0 Å². The summed E-state index contributed by atoms with van der Waals surface area (Å²) >= 11 is 1.29. The molecular weight excluding hydrogens is 801 g/mol. The van der Waals surface area contributed by atoms with Gasteiger partial charge in [0.1, 0.15) is 0 Å². The van der Waals surface area contributed by atoms with Crippen molar-refractivity contribution >= 4 is 63.2 Å². The van der Waals surface area contributed by atoms with Crippen molar-refractivity contribution in [3.05, 3.63) is 158 Å². The van der Waals surface area contributed by atoms with Gasteiger partial charge in [0.25, 0.3) is 0 Å². The van der Waals surface area contributed by atoms with Gasteiger partial charge in [0.2, 0.25) is 0 Å². The molecule has 2 aliphatic heterocycles. The van der Waals surface area contributed by atoms with Gasteiger partial charge in [-0.2, -0.15) is 0 Å². The Bertz CT molecular complexity index is 3200. The molecule has 3 aromatic heterocycles. The lowest BCUT2D eigenvalue weighted by Gasteiger charge is -2.15. The Kier molecular flexibility index (Phi) is 10.9. The molecule has 9 rings (SSSR count). The number of H-pyrrole nitrogens is 2. The lowest BCUT2D eigenvalue weighted by Crippen LogP contribution is -2.16. The molecule has 0 spiro atoms. The van der Waals surface area contributed by atoms with Crippen LogP contribution in [0, 0.1) is 67.7 Å². The number of nitrogens with zero attached hydrogens (tertiary/aromatic N) is 2. The Labute approximate surface area is 381 Å². The summed E-state index contributed by atoms with van der Waals surface area (Å²) in [6.45, 7) is 25.6. The van der Waals surface area contributed by atoms with Crippen LogP contribution >= 0.6 is 11.8 Å². The molecule has 4 aromatic carbocycles. The Morgan fingerprint density at radius 3 is 1.03 bits per heavy atom. The lowest BCUT2D eigenvalue weighted by molar-refractivity contribution is -0.117.